The lowest BCUT2D eigenvalue weighted by atomic mass is 10.2. The minimum Gasteiger partial charge on any atom is -0.464 e. The van der Waals surface area contributed by atoms with Gasteiger partial charge in [-0.3, -0.25) is 4.68 Å². The average molecular weight is 424 g/mol. The third kappa shape index (κ3) is 3.70. The van der Waals surface area contributed by atoms with E-state index in [9.17, 15) is 9.59 Å². The molecule has 3 rings (SSSR count). The van der Waals surface area contributed by atoms with Crippen LogP contribution in [-0.2, 0) is 9.47 Å². The SMILES string of the molecule is COC(=O)c1nn([C@@H]2CCN(C(=O)OC(C)(C)C)C2)c2ccc(Br)cc12. The molecule has 0 bridgehead atoms. The smallest absolute Gasteiger partial charge is 0.410 e. The quantitative estimate of drug-likeness (QED) is 0.687. The van der Waals surface area contributed by atoms with Crippen molar-refractivity contribution in [3.63, 3.8) is 0 Å². The van der Waals surface area contributed by atoms with E-state index in [-0.39, 0.29) is 17.8 Å². The molecule has 1 atom stereocenters. The van der Waals surface area contributed by atoms with Gasteiger partial charge in [0.2, 0.25) is 0 Å². The number of amides is 1. The van der Waals surface area contributed by atoms with Crippen molar-refractivity contribution in [1.82, 2.24) is 14.7 Å². The second-order valence-electron chi connectivity index (χ2n) is 7.32. The summed E-state index contributed by atoms with van der Waals surface area (Å²) in [7, 11) is 1.34. The number of ether oxygens (including phenoxy) is 2. The Morgan fingerprint density at radius 2 is 2.04 bits per heavy atom. The monoisotopic (exact) mass is 423 g/mol. The van der Waals surface area contributed by atoms with Crippen molar-refractivity contribution >= 4 is 38.9 Å². The molecule has 0 saturated carbocycles. The zero-order valence-corrected chi connectivity index (χ0v) is 16.9. The Kier molecular flexibility index (Phi) is 4.96. The highest BCUT2D eigenvalue weighted by Crippen LogP contribution is 2.30. The normalized spacial score (nSPS) is 17.6. The summed E-state index contributed by atoms with van der Waals surface area (Å²) in [6, 6.07) is 5.65. The fourth-order valence-corrected chi connectivity index (χ4v) is 3.43. The summed E-state index contributed by atoms with van der Waals surface area (Å²) in [6.07, 6.45) is 0.416. The van der Waals surface area contributed by atoms with Crippen molar-refractivity contribution in [3.05, 3.63) is 28.4 Å². The van der Waals surface area contributed by atoms with Gasteiger partial charge in [0, 0.05) is 22.9 Å². The molecule has 1 aromatic heterocycles. The average Bonchev–Trinajstić information content (AvgIpc) is 3.16. The molecule has 0 radical (unpaired) electrons. The van der Waals surface area contributed by atoms with Crippen molar-refractivity contribution in [2.45, 2.75) is 38.8 Å². The molecule has 2 aromatic rings. The first-order valence-electron chi connectivity index (χ1n) is 8.43. The number of methoxy groups -OCH3 is 1. The van der Waals surface area contributed by atoms with Crippen LogP contribution in [0.3, 0.4) is 0 Å². The summed E-state index contributed by atoms with van der Waals surface area (Å²) in [6.45, 7) is 6.62. The van der Waals surface area contributed by atoms with E-state index in [0.717, 1.165) is 21.8 Å². The van der Waals surface area contributed by atoms with Gasteiger partial charge in [-0.05, 0) is 45.4 Å². The Bertz CT molecular complexity index is 856. The van der Waals surface area contributed by atoms with Gasteiger partial charge in [-0.1, -0.05) is 15.9 Å². The number of likely N-dealkylation sites (tertiary alicyclic amines) is 1. The number of carbonyl (C=O) groups is 2. The minimum atomic E-state index is -0.530. The van der Waals surface area contributed by atoms with Crippen LogP contribution in [0.15, 0.2) is 22.7 Å². The maximum atomic E-state index is 12.3. The lowest BCUT2D eigenvalue weighted by Crippen LogP contribution is -2.35. The van der Waals surface area contributed by atoms with Crippen LogP contribution in [0.2, 0.25) is 0 Å². The zero-order chi connectivity index (χ0) is 19.1. The van der Waals surface area contributed by atoms with Crippen LogP contribution in [0.25, 0.3) is 10.9 Å². The second-order valence-corrected chi connectivity index (χ2v) is 8.23. The van der Waals surface area contributed by atoms with E-state index in [1.54, 1.807) is 4.90 Å². The number of aromatic nitrogens is 2. The van der Waals surface area contributed by atoms with Crippen molar-refractivity contribution in [3.8, 4) is 0 Å². The second kappa shape index (κ2) is 6.90. The number of benzene rings is 1. The summed E-state index contributed by atoms with van der Waals surface area (Å²) >= 11 is 3.43. The molecule has 8 heteroatoms. The lowest BCUT2D eigenvalue weighted by molar-refractivity contribution is 0.0288. The van der Waals surface area contributed by atoms with E-state index in [4.69, 9.17) is 9.47 Å². The van der Waals surface area contributed by atoms with Crippen molar-refractivity contribution in [2.75, 3.05) is 20.2 Å². The molecule has 1 amide bonds. The lowest BCUT2D eigenvalue weighted by Gasteiger charge is -2.24. The third-order valence-electron chi connectivity index (χ3n) is 4.21. The first-order chi connectivity index (χ1) is 12.2. The zero-order valence-electron chi connectivity index (χ0n) is 15.3. The highest BCUT2D eigenvalue weighted by atomic mass is 79.9. The fraction of sp³-hybridized carbons (Fsp3) is 0.500. The molecular weight excluding hydrogens is 402 g/mol. The topological polar surface area (TPSA) is 73.7 Å². The highest BCUT2D eigenvalue weighted by Gasteiger charge is 2.32. The van der Waals surface area contributed by atoms with Gasteiger partial charge in [-0.2, -0.15) is 5.10 Å². The molecule has 0 unspecified atom stereocenters. The van der Waals surface area contributed by atoms with Gasteiger partial charge in [-0.15, -0.1) is 0 Å². The Balaban J connectivity index is 1.90. The van der Waals surface area contributed by atoms with E-state index in [1.165, 1.54) is 7.11 Å². The van der Waals surface area contributed by atoms with Gasteiger partial charge < -0.3 is 14.4 Å². The molecule has 1 fully saturated rings. The van der Waals surface area contributed by atoms with Gasteiger partial charge in [0.25, 0.3) is 0 Å². The molecule has 1 saturated heterocycles. The Morgan fingerprint density at radius 3 is 2.69 bits per heavy atom. The van der Waals surface area contributed by atoms with Gasteiger partial charge in [0.15, 0.2) is 5.69 Å². The number of halogens is 1. The van der Waals surface area contributed by atoms with E-state index < -0.39 is 11.6 Å². The van der Waals surface area contributed by atoms with Crippen LogP contribution in [0.1, 0.15) is 43.7 Å². The number of hydrogen-bond donors (Lipinski definition) is 0. The number of esters is 1. The van der Waals surface area contributed by atoms with Gasteiger partial charge >= 0.3 is 12.1 Å². The van der Waals surface area contributed by atoms with Crippen molar-refractivity contribution < 1.29 is 19.1 Å². The molecule has 0 N–H and O–H groups in total. The largest absolute Gasteiger partial charge is 0.464 e. The molecule has 0 aliphatic carbocycles. The van der Waals surface area contributed by atoms with Crippen molar-refractivity contribution in [1.29, 1.82) is 0 Å². The maximum Gasteiger partial charge on any atom is 0.410 e. The van der Waals surface area contributed by atoms with Crippen LogP contribution in [0, 0.1) is 0 Å². The summed E-state index contributed by atoms with van der Waals surface area (Å²) in [4.78, 5) is 26.1. The van der Waals surface area contributed by atoms with E-state index >= 15 is 0 Å². The summed E-state index contributed by atoms with van der Waals surface area (Å²) in [5.41, 5.74) is 0.585. The first-order valence-corrected chi connectivity index (χ1v) is 9.23. The molecule has 7 nitrogen and oxygen atoms in total. The van der Waals surface area contributed by atoms with Crippen LogP contribution >= 0.6 is 15.9 Å². The predicted molar refractivity (Wildman–Crippen MR) is 100 cm³/mol. The van der Waals surface area contributed by atoms with E-state index in [0.29, 0.717) is 13.1 Å². The maximum absolute atomic E-state index is 12.3. The molecule has 26 heavy (non-hydrogen) atoms. The molecule has 1 aliphatic heterocycles. The van der Waals surface area contributed by atoms with E-state index in [1.807, 2.05) is 43.7 Å². The van der Waals surface area contributed by atoms with Crippen molar-refractivity contribution in [2.24, 2.45) is 0 Å². The Labute approximate surface area is 160 Å². The minimum absolute atomic E-state index is 0.0235. The number of carbonyl (C=O) groups excluding carboxylic acids is 2. The summed E-state index contributed by atoms with van der Waals surface area (Å²) in [5.74, 6) is -0.478. The number of fused-ring (bicyclic) bond motifs is 1. The Hall–Kier alpha value is -2.09. The predicted octanol–water partition coefficient (Wildman–Crippen LogP) is 3.77. The van der Waals surface area contributed by atoms with Crippen LogP contribution in [0.4, 0.5) is 4.79 Å². The number of hydrogen-bond acceptors (Lipinski definition) is 5. The summed E-state index contributed by atoms with van der Waals surface area (Å²) < 4.78 is 13.0. The molecule has 0 spiro atoms. The fourth-order valence-electron chi connectivity index (χ4n) is 3.07. The van der Waals surface area contributed by atoms with E-state index in [2.05, 4.69) is 21.0 Å². The highest BCUT2D eigenvalue weighted by molar-refractivity contribution is 9.10. The van der Waals surface area contributed by atoms with Gasteiger partial charge in [0.1, 0.15) is 5.60 Å². The molecule has 1 aromatic carbocycles. The number of nitrogens with zero attached hydrogens (tertiary/aromatic N) is 3. The summed E-state index contributed by atoms with van der Waals surface area (Å²) in [5, 5.41) is 5.22. The number of rotatable bonds is 2. The van der Waals surface area contributed by atoms with Crippen LogP contribution in [0.5, 0.6) is 0 Å². The first kappa shape index (κ1) is 18.7. The van der Waals surface area contributed by atoms with Crippen LogP contribution < -0.4 is 0 Å². The molecular formula is C18H22BrN3O4. The molecule has 2 heterocycles. The molecule has 140 valence electrons. The molecule has 1 aliphatic rings. The third-order valence-corrected chi connectivity index (χ3v) is 4.70. The van der Waals surface area contributed by atoms with Crippen LogP contribution in [-0.4, -0.2) is 52.5 Å². The standard InChI is InChI=1S/C18H22BrN3O4/c1-18(2,3)26-17(24)21-8-7-12(10-21)22-14-6-5-11(19)9-13(14)15(20-22)16(23)25-4/h5-6,9,12H,7-8,10H2,1-4H3/t12-/m1/s1. The van der Waals surface area contributed by atoms with Gasteiger partial charge in [-0.25, -0.2) is 9.59 Å². The van der Waals surface area contributed by atoms with Gasteiger partial charge in [0.05, 0.1) is 18.7 Å². The Morgan fingerprint density at radius 1 is 1.31 bits per heavy atom.